The number of fused-ring (bicyclic) bond motifs is 3. The van der Waals surface area contributed by atoms with E-state index >= 15 is 0 Å². The summed E-state index contributed by atoms with van der Waals surface area (Å²) in [5.41, 5.74) is 5.28. The molecular formula is C24H29N9O2. The SMILES string of the molecule is [2H]C([2H])([2H])NC(=O)c1nnc(NC(=O)C2CC2)cc1Nc1nc(C)cc2c1N(C)[C@@H](C)c1c-2nn(C)c1C. The first kappa shape index (κ1) is 19.3. The number of anilines is 4. The fourth-order valence-corrected chi connectivity index (χ4v) is 4.48. The first-order valence-electron chi connectivity index (χ1n) is 12.9. The molecule has 11 heteroatoms. The Balaban J connectivity index is 1.61. The molecule has 1 atom stereocenters. The summed E-state index contributed by atoms with van der Waals surface area (Å²) in [7, 11) is 3.86. The van der Waals surface area contributed by atoms with E-state index in [1.54, 1.807) is 0 Å². The molecule has 2 aliphatic rings. The summed E-state index contributed by atoms with van der Waals surface area (Å²) in [6.45, 7) is 3.24. The minimum atomic E-state index is -2.72. The first-order chi connectivity index (χ1) is 17.8. The molecule has 182 valence electrons. The van der Waals surface area contributed by atoms with Gasteiger partial charge in [0.15, 0.2) is 17.3 Å². The Kier molecular flexibility index (Phi) is 4.59. The molecule has 1 aliphatic heterocycles. The van der Waals surface area contributed by atoms with E-state index in [0.717, 1.165) is 41.0 Å². The average Bonchev–Trinajstić information content (AvgIpc) is 3.62. The molecule has 0 bridgehead atoms. The average molecular weight is 479 g/mol. The first-order valence-corrected chi connectivity index (χ1v) is 11.4. The van der Waals surface area contributed by atoms with Crippen LogP contribution in [-0.4, -0.2) is 50.8 Å². The van der Waals surface area contributed by atoms with Gasteiger partial charge in [0.1, 0.15) is 5.69 Å². The van der Waals surface area contributed by atoms with Gasteiger partial charge in [-0.25, -0.2) is 4.98 Å². The molecule has 35 heavy (non-hydrogen) atoms. The van der Waals surface area contributed by atoms with Crippen LogP contribution in [0, 0.1) is 19.8 Å². The second-order valence-corrected chi connectivity index (χ2v) is 9.10. The van der Waals surface area contributed by atoms with Gasteiger partial charge < -0.3 is 20.9 Å². The van der Waals surface area contributed by atoms with Crippen LogP contribution < -0.4 is 20.9 Å². The molecule has 0 unspecified atom stereocenters. The van der Waals surface area contributed by atoms with Gasteiger partial charge in [-0.1, -0.05) is 0 Å². The number of aromatic nitrogens is 5. The maximum absolute atomic E-state index is 12.9. The maximum Gasteiger partial charge on any atom is 0.273 e. The van der Waals surface area contributed by atoms with Crippen molar-refractivity contribution in [1.29, 1.82) is 0 Å². The summed E-state index contributed by atoms with van der Waals surface area (Å²) in [5, 5.41) is 20.5. The highest BCUT2D eigenvalue weighted by Crippen LogP contribution is 2.48. The van der Waals surface area contributed by atoms with E-state index in [1.807, 2.05) is 44.0 Å². The van der Waals surface area contributed by atoms with Crippen LogP contribution in [0.3, 0.4) is 0 Å². The van der Waals surface area contributed by atoms with Crippen molar-refractivity contribution in [1.82, 2.24) is 30.3 Å². The third-order valence-electron chi connectivity index (χ3n) is 6.68. The van der Waals surface area contributed by atoms with Gasteiger partial charge in [-0.15, -0.1) is 10.2 Å². The van der Waals surface area contributed by atoms with Gasteiger partial charge >= 0.3 is 0 Å². The number of nitrogens with one attached hydrogen (secondary N) is 3. The second-order valence-electron chi connectivity index (χ2n) is 9.10. The zero-order valence-electron chi connectivity index (χ0n) is 23.2. The fourth-order valence-electron chi connectivity index (χ4n) is 4.48. The molecule has 5 rings (SSSR count). The lowest BCUT2D eigenvalue weighted by atomic mass is 9.93. The third-order valence-corrected chi connectivity index (χ3v) is 6.68. The van der Waals surface area contributed by atoms with Crippen molar-refractivity contribution in [2.75, 3.05) is 29.6 Å². The second kappa shape index (κ2) is 8.33. The van der Waals surface area contributed by atoms with Crippen LogP contribution in [0.5, 0.6) is 0 Å². The predicted octanol–water partition coefficient (Wildman–Crippen LogP) is 2.85. The highest BCUT2D eigenvalue weighted by molar-refractivity contribution is 6.00. The third kappa shape index (κ3) is 3.86. The molecule has 1 saturated carbocycles. The van der Waals surface area contributed by atoms with Crippen LogP contribution in [0.1, 0.15) is 57.4 Å². The zero-order chi connectivity index (χ0) is 27.5. The largest absolute Gasteiger partial charge is 0.364 e. The van der Waals surface area contributed by atoms with Crippen molar-refractivity contribution in [3.8, 4) is 11.3 Å². The van der Waals surface area contributed by atoms with Gasteiger partial charge in [0.05, 0.1) is 17.4 Å². The highest BCUT2D eigenvalue weighted by Gasteiger charge is 2.34. The van der Waals surface area contributed by atoms with Gasteiger partial charge in [0.25, 0.3) is 5.91 Å². The molecule has 3 N–H and O–H groups in total. The lowest BCUT2D eigenvalue weighted by Crippen LogP contribution is -2.28. The number of pyridine rings is 1. The maximum atomic E-state index is 12.9. The number of carbonyl (C=O) groups excluding carboxylic acids is 2. The molecular weight excluding hydrogens is 446 g/mol. The van der Waals surface area contributed by atoms with Crippen LogP contribution in [0.15, 0.2) is 12.1 Å². The predicted molar refractivity (Wildman–Crippen MR) is 133 cm³/mol. The molecule has 0 spiro atoms. The summed E-state index contributed by atoms with van der Waals surface area (Å²) < 4.78 is 24.1. The smallest absolute Gasteiger partial charge is 0.273 e. The lowest BCUT2D eigenvalue weighted by molar-refractivity contribution is -0.117. The van der Waals surface area contributed by atoms with E-state index in [-0.39, 0.29) is 35.1 Å². The molecule has 0 radical (unpaired) electrons. The van der Waals surface area contributed by atoms with Crippen LogP contribution >= 0.6 is 0 Å². The molecule has 1 fully saturated rings. The van der Waals surface area contributed by atoms with Crippen LogP contribution in [0.2, 0.25) is 0 Å². The monoisotopic (exact) mass is 478 g/mol. The van der Waals surface area contributed by atoms with Crippen LogP contribution in [0.4, 0.5) is 23.0 Å². The van der Waals surface area contributed by atoms with Gasteiger partial charge in [0.2, 0.25) is 5.91 Å². The van der Waals surface area contributed by atoms with Gasteiger partial charge in [0, 0.05) is 59.7 Å². The number of carbonyl (C=O) groups is 2. The van der Waals surface area contributed by atoms with Crippen molar-refractivity contribution < 1.29 is 13.7 Å². The molecule has 4 heterocycles. The standard InChI is InChI=1S/C24H29N9O2/c1-11-9-15-19-18(13(3)33(6)31-19)12(2)32(5)21(15)22(26-11)27-16-10-17(28-23(34)14-7-8-14)29-30-20(16)24(35)25-4/h9-10,12,14H,7-8H2,1-6H3,(H,25,35)(H2,26,27,28,29,34)/t12-/m0/s1/i4D3. The number of hydrogen-bond acceptors (Lipinski definition) is 8. The Hall–Kier alpha value is -4.02. The summed E-state index contributed by atoms with van der Waals surface area (Å²) in [4.78, 5) is 32.0. The van der Waals surface area contributed by atoms with Gasteiger partial charge in [-0.3, -0.25) is 14.3 Å². The molecule has 3 aromatic heterocycles. The van der Waals surface area contributed by atoms with Crippen LogP contribution in [0.25, 0.3) is 11.3 Å². The number of amides is 2. The van der Waals surface area contributed by atoms with E-state index in [4.69, 9.17) is 14.2 Å². The minimum absolute atomic E-state index is 0.0152. The van der Waals surface area contributed by atoms with Crippen molar-refractivity contribution >= 4 is 34.8 Å². The van der Waals surface area contributed by atoms with Gasteiger partial charge in [-0.2, -0.15) is 5.10 Å². The fraction of sp³-hybridized carbons (Fsp3) is 0.417. The topological polar surface area (TPSA) is 130 Å². The summed E-state index contributed by atoms with van der Waals surface area (Å²) >= 11 is 0. The number of rotatable bonds is 5. The Morgan fingerprint density at radius 1 is 1.17 bits per heavy atom. The lowest BCUT2D eigenvalue weighted by Gasteiger charge is -2.35. The quantitative estimate of drug-likeness (QED) is 0.510. The Morgan fingerprint density at radius 2 is 1.94 bits per heavy atom. The van der Waals surface area contributed by atoms with Crippen molar-refractivity contribution in [3.05, 3.63) is 34.8 Å². The molecule has 3 aromatic rings. The molecule has 11 nitrogen and oxygen atoms in total. The normalized spacial score (nSPS) is 18.0. The van der Waals surface area contributed by atoms with E-state index in [1.165, 1.54) is 6.07 Å². The van der Waals surface area contributed by atoms with E-state index in [2.05, 4.69) is 32.7 Å². The van der Waals surface area contributed by atoms with E-state index in [0.29, 0.717) is 11.5 Å². The Morgan fingerprint density at radius 3 is 2.66 bits per heavy atom. The summed E-state index contributed by atoms with van der Waals surface area (Å²) in [5.74, 6) is -0.614. The number of aryl methyl sites for hydroxylation is 2. The van der Waals surface area contributed by atoms with Crippen molar-refractivity contribution in [3.63, 3.8) is 0 Å². The van der Waals surface area contributed by atoms with Crippen molar-refractivity contribution in [2.45, 2.75) is 39.7 Å². The van der Waals surface area contributed by atoms with E-state index < -0.39 is 12.9 Å². The zero-order valence-corrected chi connectivity index (χ0v) is 20.2. The highest BCUT2D eigenvalue weighted by atomic mass is 16.2. The van der Waals surface area contributed by atoms with Crippen molar-refractivity contribution in [2.24, 2.45) is 13.0 Å². The summed E-state index contributed by atoms with van der Waals surface area (Å²) in [6, 6.07) is 3.40. The Bertz CT molecular complexity index is 1460. The van der Waals surface area contributed by atoms with Crippen LogP contribution in [-0.2, 0) is 11.8 Å². The number of hydrogen-bond donors (Lipinski definition) is 3. The minimum Gasteiger partial charge on any atom is -0.364 e. The van der Waals surface area contributed by atoms with E-state index in [9.17, 15) is 9.59 Å². The summed E-state index contributed by atoms with van der Waals surface area (Å²) in [6.07, 6.45) is 1.62. The van der Waals surface area contributed by atoms with Gasteiger partial charge in [-0.05, 0) is 39.7 Å². The molecule has 2 amide bonds. The molecule has 1 aliphatic carbocycles. The molecule has 0 saturated heterocycles. The molecule has 0 aromatic carbocycles. The number of nitrogens with zero attached hydrogens (tertiary/aromatic N) is 6. The Labute approximate surface area is 207 Å².